The molecule has 98 valence electrons. The van der Waals surface area contributed by atoms with Gasteiger partial charge in [-0.25, -0.2) is 0 Å². The summed E-state index contributed by atoms with van der Waals surface area (Å²) in [6.45, 7) is 2.47. The van der Waals surface area contributed by atoms with Crippen LogP contribution in [0, 0.1) is 11.8 Å². The second-order valence-corrected chi connectivity index (χ2v) is 5.73. The van der Waals surface area contributed by atoms with E-state index in [0.29, 0.717) is 12.5 Å². The van der Waals surface area contributed by atoms with Gasteiger partial charge in [0.25, 0.3) is 5.91 Å². The van der Waals surface area contributed by atoms with Crippen LogP contribution in [-0.4, -0.2) is 35.3 Å². The molecule has 0 unspecified atom stereocenters. The first-order valence-electron chi connectivity index (χ1n) is 6.93. The molecule has 0 aromatic heterocycles. The molecule has 0 spiro atoms. The molecule has 2 amide bonds. The van der Waals surface area contributed by atoms with E-state index in [2.05, 4.69) is 10.2 Å². The molecule has 2 aliphatic heterocycles. The average Bonchev–Trinajstić information content (AvgIpc) is 2.87. The molecule has 18 heavy (non-hydrogen) atoms. The Balaban J connectivity index is 1.71. The second-order valence-electron chi connectivity index (χ2n) is 5.73. The van der Waals surface area contributed by atoms with Crippen molar-refractivity contribution in [1.82, 2.24) is 4.90 Å². The Kier molecular flexibility index (Phi) is 2.92. The predicted molar refractivity (Wildman–Crippen MR) is 64.9 cm³/mol. The first kappa shape index (κ1) is 11.8. The second kappa shape index (κ2) is 4.44. The van der Waals surface area contributed by atoms with Crippen molar-refractivity contribution in [2.75, 3.05) is 6.54 Å². The first-order valence-corrected chi connectivity index (χ1v) is 6.93. The predicted octanol–water partition coefficient (Wildman–Crippen LogP) is 1.77. The number of nitrogens with zero attached hydrogens (tertiary/aromatic N) is 3. The molecule has 3 atom stereocenters. The van der Waals surface area contributed by atoms with Crippen LogP contribution in [0.4, 0.5) is 0 Å². The van der Waals surface area contributed by atoms with Crippen LogP contribution in [0.15, 0.2) is 10.2 Å². The fraction of sp³-hybridized carbons (Fsp3) is 0.846. The Morgan fingerprint density at radius 1 is 1.11 bits per heavy atom. The molecule has 3 rings (SSSR count). The molecule has 1 aliphatic carbocycles. The fourth-order valence-electron chi connectivity index (χ4n) is 3.38. The fourth-order valence-corrected chi connectivity index (χ4v) is 3.38. The lowest BCUT2D eigenvalue weighted by Crippen LogP contribution is -2.37. The highest BCUT2D eigenvalue weighted by atomic mass is 16.2. The Morgan fingerprint density at radius 3 is 2.50 bits per heavy atom. The molecular weight excluding hydrogens is 230 g/mol. The van der Waals surface area contributed by atoms with Gasteiger partial charge in [-0.2, -0.15) is 10.2 Å². The number of imide groups is 1. The van der Waals surface area contributed by atoms with E-state index in [1.54, 1.807) is 0 Å². The number of carbonyl (C=O) groups excluding carboxylic acids is 2. The third-order valence-corrected chi connectivity index (χ3v) is 4.47. The van der Waals surface area contributed by atoms with Crippen molar-refractivity contribution in [2.45, 2.75) is 51.1 Å². The van der Waals surface area contributed by atoms with Crippen LogP contribution in [0.3, 0.4) is 0 Å². The van der Waals surface area contributed by atoms with Gasteiger partial charge in [-0.1, -0.05) is 19.3 Å². The minimum absolute atomic E-state index is 0.0481. The number of carbonyl (C=O) groups is 2. The van der Waals surface area contributed by atoms with Crippen LogP contribution in [0.2, 0.25) is 0 Å². The highest BCUT2D eigenvalue weighted by Gasteiger charge is 2.53. The Bertz CT molecular complexity index is 401. The van der Waals surface area contributed by atoms with Crippen molar-refractivity contribution in [1.29, 1.82) is 0 Å². The van der Waals surface area contributed by atoms with Gasteiger partial charge in [0.2, 0.25) is 5.91 Å². The topological polar surface area (TPSA) is 62.1 Å². The molecule has 0 bridgehead atoms. The zero-order valence-corrected chi connectivity index (χ0v) is 10.7. The van der Waals surface area contributed by atoms with Gasteiger partial charge in [-0.3, -0.25) is 14.5 Å². The molecule has 5 heteroatoms. The standard InChI is InChI=1S/C13H19N3O2/c1-8-10-11(15-14-8)13(18)16(12(10)17)7-9-5-3-2-4-6-9/h8-11H,2-7H2,1H3/t8-,10-,11+/m1/s1. The number of hydrogen-bond acceptors (Lipinski definition) is 4. The van der Waals surface area contributed by atoms with E-state index in [-0.39, 0.29) is 23.8 Å². The molecule has 2 heterocycles. The summed E-state index contributed by atoms with van der Waals surface area (Å²) in [6, 6.07) is -0.654. The van der Waals surface area contributed by atoms with Gasteiger partial charge >= 0.3 is 0 Å². The maximum atomic E-state index is 12.3. The zero-order valence-electron chi connectivity index (χ0n) is 10.7. The molecular formula is C13H19N3O2. The van der Waals surface area contributed by atoms with E-state index in [0.717, 1.165) is 12.8 Å². The summed E-state index contributed by atoms with van der Waals surface area (Å²) in [5.41, 5.74) is 0. The maximum Gasteiger partial charge on any atom is 0.256 e. The van der Waals surface area contributed by atoms with Crippen LogP contribution in [0.25, 0.3) is 0 Å². The van der Waals surface area contributed by atoms with Gasteiger partial charge < -0.3 is 0 Å². The van der Waals surface area contributed by atoms with Crippen LogP contribution in [0.1, 0.15) is 39.0 Å². The van der Waals surface area contributed by atoms with Gasteiger partial charge in [0, 0.05) is 6.54 Å². The first-order chi connectivity index (χ1) is 8.68. The van der Waals surface area contributed by atoms with E-state index < -0.39 is 6.04 Å². The Morgan fingerprint density at radius 2 is 1.83 bits per heavy atom. The summed E-state index contributed by atoms with van der Waals surface area (Å²) >= 11 is 0. The van der Waals surface area contributed by atoms with Crippen molar-refractivity contribution in [3.8, 4) is 0 Å². The van der Waals surface area contributed by atoms with E-state index in [1.165, 1.54) is 24.2 Å². The summed E-state index contributed by atoms with van der Waals surface area (Å²) in [7, 11) is 0. The summed E-state index contributed by atoms with van der Waals surface area (Å²) in [5, 5.41) is 7.93. The van der Waals surface area contributed by atoms with Gasteiger partial charge in [-0.05, 0) is 25.7 Å². The summed E-state index contributed by atoms with van der Waals surface area (Å²) < 4.78 is 0. The Hall–Kier alpha value is -1.26. The minimum atomic E-state index is -0.518. The lowest BCUT2D eigenvalue weighted by molar-refractivity contribution is -0.140. The van der Waals surface area contributed by atoms with Crippen LogP contribution in [-0.2, 0) is 9.59 Å². The molecule has 0 N–H and O–H groups in total. The van der Waals surface area contributed by atoms with E-state index in [9.17, 15) is 9.59 Å². The van der Waals surface area contributed by atoms with Crippen molar-refractivity contribution >= 4 is 11.8 Å². The van der Waals surface area contributed by atoms with Crippen molar-refractivity contribution in [2.24, 2.45) is 22.1 Å². The zero-order chi connectivity index (χ0) is 12.7. The van der Waals surface area contributed by atoms with E-state index >= 15 is 0 Å². The lowest BCUT2D eigenvalue weighted by atomic mass is 9.89. The molecule has 5 nitrogen and oxygen atoms in total. The van der Waals surface area contributed by atoms with Gasteiger partial charge in [-0.15, -0.1) is 0 Å². The quantitative estimate of drug-likeness (QED) is 0.700. The molecule has 2 fully saturated rings. The number of rotatable bonds is 2. The van der Waals surface area contributed by atoms with Crippen LogP contribution >= 0.6 is 0 Å². The minimum Gasteiger partial charge on any atom is -0.280 e. The van der Waals surface area contributed by atoms with Crippen molar-refractivity contribution in [3.05, 3.63) is 0 Å². The summed E-state index contributed by atoms with van der Waals surface area (Å²) in [5.74, 6) is 0.00978. The van der Waals surface area contributed by atoms with Gasteiger partial charge in [0.05, 0.1) is 12.0 Å². The molecule has 1 saturated carbocycles. The number of amides is 2. The maximum absolute atomic E-state index is 12.3. The normalized spacial score (nSPS) is 36.5. The Labute approximate surface area is 107 Å². The lowest BCUT2D eigenvalue weighted by Gasteiger charge is -2.26. The monoisotopic (exact) mass is 249 g/mol. The molecule has 0 radical (unpaired) electrons. The van der Waals surface area contributed by atoms with Crippen LogP contribution in [0.5, 0.6) is 0 Å². The van der Waals surface area contributed by atoms with Crippen LogP contribution < -0.4 is 0 Å². The van der Waals surface area contributed by atoms with E-state index in [1.807, 2.05) is 6.92 Å². The number of hydrogen-bond donors (Lipinski definition) is 0. The molecule has 3 aliphatic rings. The van der Waals surface area contributed by atoms with Crippen molar-refractivity contribution < 1.29 is 9.59 Å². The molecule has 0 aromatic rings. The van der Waals surface area contributed by atoms with Crippen molar-refractivity contribution in [3.63, 3.8) is 0 Å². The third-order valence-electron chi connectivity index (χ3n) is 4.47. The smallest absolute Gasteiger partial charge is 0.256 e. The van der Waals surface area contributed by atoms with E-state index in [4.69, 9.17) is 0 Å². The SMILES string of the molecule is C[C@H]1N=N[C@@H]2C(=O)N(CC3CCCCC3)C(=O)[C@@H]21. The highest BCUT2D eigenvalue weighted by Crippen LogP contribution is 2.34. The highest BCUT2D eigenvalue weighted by molar-refractivity contribution is 6.07. The van der Waals surface area contributed by atoms with Gasteiger partial charge in [0.15, 0.2) is 6.04 Å². The average molecular weight is 249 g/mol. The molecule has 0 aromatic carbocycles. The largest absolute Gasteiger partial charge is 0.280 e. The summed E-state index contributed by atoms with van der Waals surface area (Å²) in [4.78, 5) is 25.9. The van der Waals surface area contributed by atoms with Gasteiger partial charge in [0.1, 0.15) is 0 Å². The number of azo groups is 1. The third kappa shape index (κ3) is 1.76. The summed E-state index contributed by atoms with van der Waals surface area (Å²) in [6.07, 6.45) is 6.02. The number of likely N-dealkylation sites (tertiary alicyclic amines) is 1. The number of fused-ring (bicyclic) bond motifs is 1. The molecule has 1 saturated heterocycles.